The molecular weight excluding hydrogens is 244 g/mol. The second-order valence-corrected chi connectivity index (χ2v) is 3.45. The third-order valence-electron chi connectivity index (χ3n) is 1.81. The molecule has 0 aliphatic heterocycles. The van der Waals surface area contributed by atoms with Crippen LogP contribution in [-0.4, -0.2) is 39.9 Å². The highest BCUT2D eigenvalue weighted by Crippen LogP contribution is 2.13. The minimum atomic E-state index is -0.854. The van der Waals surface area contributed by atoms with Crippen molar-refractivity contribution >= 4 is 18.1 Å². The van der Waals surface area contributed by atoms with Crippen molar-refractivity contribution in [2.24, 2.45) is 10.8 Å². The third-order valence-corrected chi connectivity index (χ3v) is 1.81. The summed E-state index contributed by atoms with van der Waals surface area (Å²) in [7, 11) is 0. The number of primary amides is 1. The van der Waals surface area contributed by atoms with E-state index < -0.39 is 22.9 Å². The molecule has 0 aromatic carbocycles. The lowest BCUT2D eigenvalue weighted by molar-refractivity contribution is -0.402. The van der Waals surface area contributed by atoms with E-state index in [9.17, 15) is 14.9 Å². The lowest BCUT2D eigenvalue weighted by atomic mass is 10.4. The molecular formula is C9H12N4O5. The number of furan rings is 1. The summed E-state index contributed by atoms with van der Waals surface area (Å²) in [4.78, 5) is 20.6. The molecule has 0 aliphatic carbocycles. The molecule has 0 saturated heterocycles. The van der Waals surface area contributed by atoms with E-state index in [-0.39, 0.29) is 12.3 Å². The van der Waals surface area contributed by atoms with Gasteiger partial charge < -0.3 is 15.3 Å². The Labute approximate surface area is 102 Å². The summed E-state index contributed by atoms with van der Waals surface area (Å²) in [5.74, 6) is -0.337. The van der Waals surface area contributed by atoms with Crippen molar-refractivity contribution in [2.45, 2.75) is 13.0 Å². The van der Waals surface area contributed by atoms with Crippen molar-refractivity contribution in [1.82, 2.24) is 5.01 Å². The predicted molar refractivity (Wildman–Crippen MR) is 60.9 cm³/mol. The van der Waals surface area contributed by atoms with Gasteiger partial charge in [0.15, 0.2) is 5.76 Å². The first-order chi connectivity index (χ1) is 8.40. The zero-order valence-electron chi connectivity index (χ0n) is 9.52. The van der Waals surface area contributed by atoms with Crippen LogP contribution in [0.2, 0.25) is 0 Å². The number of hydrogen-bond acceptors (Lipinski definition) is 6. The summed E-state index contributed by atoms with van der Waals surface area (Å²) >= 11 is 0. The number of urea groups is 1. The van der Waals surface area contributed by atoms with Gasteiger partial charge in [-0.25, -0.2) is 9.80 Å². The van der Waals surface area contributed by atoms with Crippen molar-refractivity contribution in [2.75, 3.05) is 6.54 Å². The number of carbonyl (C=O) groups excluding carboxylic acids is 1. The van der Waals surface area contributed by atoms with Gasteiger partial charge in [0.05, 0.1) is 24.9 Å². The van der Waals surface area contributed by atoms with Crippen LogP contribution < -0.4 is 5.73 Å². The van der Waals surface area contributed by atoms with Crippen molar-refractivity contribution in [3.8, 4) is 0 Å². The highest BCUT2D eigenvalue weighted by Gasteiger charge is 2.13. The number of aliphatic hydroxyl groups excluding tert-OH is 1. The number of aliphatic hydroxyl groups is 1. The monoisotopic (exact) mass is 256 g/mol. The summed E-state index contributed by atoms with van der Waals surface area (Å²) in [6.45, 7) is 1.37. The van der Waals surface area contributed by atoms with Crippen LogP contribution in [0.15, 0.2) is 21.7 Å². The summed E-state index contributed by atoms with van der Waals surface area (Å²) in [5.41, 5.74) is 5.03. The fraction of sp³-hybridized carbons (Fsp3) is 0.333. The molecule has 0 aliphatic rings. The molecule has 0 spiro atoms. The van der Waals surface area contributed by atoms with Crippen LogP contribution >= 0.6 is 0 Å². The van der Waals surface area contributed by atoms with Crippen LogP contribution in [0.5, 0.6) is 0 Å². The minimum Gasteiger partial charge on any atom is -0.400 e. The van der Waals surface area contributed by atoms with Gasteiger partial charge in [0, 0.05) is 0 Å². The van der Waals surface area contributed by atoms with E-state index in [1.54, 1.807) is 0 Å². The quantitative estimate of drug-likeness (QED) is 0.443. The van der Waals surface area contributed by atoms with E-state index in [0.29, 0.717) is 0 Å². The summed E-state index contributed by atoms with van der Waals surface area (Å²) < 4.78 is 4.79. The zero-order valence-corrected chi connectivity index (χ0v) is 9.52. The summed E-state index contributed by atoms with van der Waals surface area (Å²) in [6.07, 6.45) is 0.292. The van der Waals surface area contributed by atoms with Gasteiger partial charge in [0.2, 0.25) is 0 Å². The van der Waals surface area contributed by atoms with Crippen molar-refractivity contribution in [1.29, 1.82) is 0 Å². The smallest absolute Gasteiger partial charge is 0.400 e. The maximum atomic E-state index is 11.0. The van der Waals surface area contributed by atoms with Crippen LogP contribution in [0, 0.1) is 10.1 Å². The van der Waals surface area contributed by atoms with E-state index in [0.717, 1.165) is 17.3 Å². The number of hydrogen-bond donors (Lipinski definition) is 2. The summed E-state index contributed by atoms with van der Waals surface area (Å²) in [5, 5.41) is 23.9. The average molecular weight is 256 g/mol. The van der Waals surface area contributed by atoms with E-state index in [4.69, 9.17) is 15.3 Å². The first-order valence-corrected chi connectivity index (χ1v) is 4.93. The van der Waals surface area contributed by atoms with E-state index in [2.05, 4.69) is 5.10 Å². The molecule has 0 bridgehead atoms. The molecule has 1 aromatic rings. The SMILES string of the molecule is C[C@H](O)CN(/N=C/c1ccc([N+](=O)[O-])o1)C(N)=O. The first kappa shape index (κ1) is 13.6. The molecule has 0 saturated carbocycles. The van der Waals surface area contributed by atoms with Gasteiger partial charge in [0.25, 0.3) is 0 Å². The van der Waals surface area contributed by atoms with Gasteiger partial charge >= 0.3 is 11.9 Å². The number of nitrogens with zero attached hydrogens (tertiary/aromatic N) is 3. The van der Waals surface area contributed by atoms with Crippen LogP contribution in [0.25, 0.3) is 0 Å². The van der Waals surface area contributed by atoms with Crippen LogP contribution in [0.4, 0.5) is 10.7 Å². The Kier molecular flexibility index (Phi) is 4.38. The molecule has 2 amide bonds. The van der Waals surface area contributed by atoms with Gasteiger partial charge in [0.1, 0.15) is 4.92 Å². The molecule has 98 valence electrons. The first-order valence-electron chi connectivity index (χ1n) is 4.93. The van der Waals surface area contributed by atoms with Crippen molar-refractivity contribution < 1.29 is 19.2 Å². The molecule has 0 unspecified atom stereocenters. The number of hydrazone groups is 1. The van der Waals surface area contributed by atoms with Crippen LogP contribution in [0.1, 0.15) is 12.7 Å². The number of nitro groups is 1. The maximum Gasteiger partial charge on any atom is 0.433 e. The number of nitrogens with two attached hydrogens (primary N) is 1. The summed E-state index contributed by atoms with van der Waals surface area (Å²) in [6, 6.07) is 1.63. The third kappa shape index (κ3) is 3.87. The van der Waals surface area contributed by atoms with Gasteiger partial charge in [-0.15, -0.1) is 0 Å². The number of carbonyl (C=O) groups is 1. The molecule has 9 nitrogen and oxygen atoms in total. The molecule has 1 aromatic heterocycles. The van der Waals surface area contributed by atoms with Gasteiger partial charge in [-0.3, -0.25) is 10.1 Å². The second kappa shape index (κ2) is 5.77. The Hall–Kier alpha value is -2.42. The van der Waals surface area contributed by atoms with E-state index in [1.165, 1.54) is 13.0 Å². The predicted octanol–water partition coefficient (Wildman–Crippen LogP) is 0.283. The molecule has 1 rings (SSSR count). The van der Waals surface area contributed by atoms with Crippen molar-refractivity contribution in [3.63, 3.8) is 0 Å². The standard InChI is InChI=1S/C9H12N4O5/c1-6(14)5-12(9(10)15)11-4-7-2-3-8(18-7)13(16)17/h2-4,6,14H,5H2,1H3,(H2,10,15)/b11-4+/t6-/m0/s1. The lowest BCUT2D eigenvalue weighted by Crippen LogP contribution is -2.36. The van der Waals surface area contributed by atoms with E-state index >= 15 is 0 Å². The van der Waals surface area contributed by atoms with Gasteiger partial charge in [-0.2, -0.15) is 5.10 Å². The minimum absolute atomic E-state index is 0.0887. The molecule has 1 atom stereocenters. The van der Waals surface area contributed by atoms with Crippen LogP contribution in [0.3, 0.4) is 0 Å². The maximum absolute atomic E-state index is 11.0. The molecule has 3 N–H and O–H groups in total. The normalized spacial score (nSPS) is 12.6. The number of rotatable bonds is 5. The highest BCUT2D eigenvalue weighted by molar-refractivity contribution is 5.79. The van der Waals surface area contributed by atoms with Crippen LogP contribution in [-0.2, 0) is 0 Å². The largest absolute Gasteiger partial charge is 0.433 e. The van der Waals surface area contributed by atoms with E-state index in [1.807, 2.05) is 0 Å². The molecule has 0 radical (unpaired) electrons. The Morgan fingerprint density at radius 3 is 2.89 bits per heavy atom. The molecule has 9 heteroatoms. The highest BCUT2D eigenvalue weighted by atomic mass is 16.6. The fourth-order valence-electron chi connectivity index (χ4n) is 1.08. The fourth-order valence-corrected chi connectivity index (χ4v) is 1.08. The Morgan fingerprint density at radius 1 is 1.78 bits per heavy atom. The van der Waals surface area contributed by atoms with Gasteiger partial charge in [-0.05, 0) is 13.0 Å². The topological polar surface area (TPSA) is 135 Å². The Bertz CT molecular complexity index is 467. The number of amides is 2. The lowest BCUT2D eigenvalue weighted by Gasteiger charge is -2.15. The zero-order chi connectivity index (χ0) is 13.7. The Balaban J connectivity index is 2.75. The average Bonchev–Trinajstić information content (AvgIpc) is 2.72. The van der Waals surface area contributed by atoms with Gasteiger partial charge in [-0.1, -0.05) is 0 Å². The molecule has 0 fully saturated rings. The molecule has 18 heavy (non-hydrogen) atoms. The second-order valence-electron chi connectivity index (χ2n) is 3.45. The molecule has 1 heterocycles. The Morgan fingerprint density at radius 2 is 2.44 bits per heavy atom. The van der Waals surface area contributed by atoms with Crippen molar-refractivity contribution in [3.05, 3.63) is 28.0 Å².